The van der Waals surface area contributed by atoms with Crippen molar-refractivity contribution in [2.45, 2.75) is 51.1 Å². The van der Waals surface area contributed by atoms with Crippen molar-refractivity contribution in [3.8, 4) is 5.75 Å². The van der Waals surface area contributed by atoms with E-state index in [1.54, 1.807) is 7.11 Å². The molecule has 100 valence electrons. The van der Waals surface area contributed by atoms with Gasteiger partial charge in [-0.2, -0.15) is 0 Å². The molecule has 0 aliphatic heterocycles. The number of hydrogen-bond donors (Lipinski definition) is 1. The van der Waals surface area contributed by atoms with Gasteiger partial charge in [-0.05, 0) is 46.5 Å². The van der Waals surface area contributed by atoms with Crippen LogP contribution in [0.3, 0.4) is 0 Å². The van der Waals surface area contributed by atoms with Crippen molar-refractivity contribution in [3.63, 3.8) is 0 Å². The summed E-state index contributed by atoms with van der Waals surface area (Å²) in [6.07, 6.45) is 8.24. The first kappa shape index (κ1) is 13.9. The number of methoxy groups -OCH3 is 1. The van der Waals surface area contributed by atoms with E-state index in [0.29, 0.717) is 6.04 Å². The summed E-state index contributed by atoms with van der Waals surface area (Å²) >= 11 is 3.53. The van der Waals surface area contributed by atoms with Gasteiger partial charge in [-0.15, -0.1) is 0 Å². The van der Waals surface area contributed by atoms with Crippen molar-refractivity contribution in [1.82, 2.24) is 5.32 Å². The van der Waals surface area contributed by atoms with Gasteiger partial charge in [-0.25, -0.2) is 0 Å². The maximum atomic E-state index is 5.24. The molecule has 0 amide bonds. The van der Waals surface area contributed by atoms with Crippen LogP contribution in [0.1, 0.15) is 44.1 Å². The predicted octanol–water partition coefficient (Wildman–Crippen LogP) is 4.27. The third kappa shape index (κ3) is 3.99. The zero-order valence-electron chi connectivity index (χ0n) is 11.0. The van der Waals surface area contributed by atoms with Gasteiger partial charge in [-0.3, -0.25) is 0 Å². The molecule has 0 heterocycles. The van der Waals surface area contributed by atoms with Crippen molar-refractivity contribution < 1.29 is 4.74 Å². The summed E-state index contributed by atoms with van der Waals surface area (Å²) in [6, 6.07) is 7.00. The first-order chi connectivity index (χ1) is 8.79. The van der Waals surface area contributed by atoms with Gasteiger partial charge < -0.3 is 10.1 Å². The van der Waals surface area contributed by atoms with Crippen molar-refractivity contribution >= 4 is 15.9 Å². The lowest BCUT2D eigenvalue weighted by Crippen LogP contribution is -2.27. The molecule has 0 unspecified atom stereocenters. The molecule has 1 aliphatic rings. The molecule has 2 rings (SSSR count). The quantitative estimate of drug-likeness (QED) is 0.838. The van der Waals surface area contributed by atoms with Gasteiger partial charge in [0.15, 0.2) is 0 Å². The van der Waals surface area contributed by atoms with Crippen molar-refractivity contribution in [2.75, 3.05) is 7.11 Å². The van der Waals surface area contributed by atoms with E-state index in [2.05, 4.69) is 33.4 Å². The largest absolute Gasteiger partial charge is 0.496 e. The van der Waals surface area contributed by atoms with Crippen LogP contribution in [0.2, 0.25) is 0 Å². The highest BCUT2D eigenvalue weighted by molar-refractivity contribution is 9.10. The fourth-order valence-electron chi connectivity index (χ4n) is 2.57. The number of hydrogen-bond acceptors (Lipinski definition) is 2. The highest BCUT2D eigenvalue weighted by Gasteiger charge is 2.11. The van der Waals surface area contributed by atoms with E-state index in [1.807, 2.05) is 6.07 Å². The summed E-state index contributed by atoms with van der Waals surface area (Å²) in [7, 11) is 1.70. The monoisotopic (exact) mass is 311 g/mol. The Labute approximate surface area is 118 Å². The van der Waals surface area contributed by atoms with Crippen LogP contribution >= 0.6 is 15.9 Å². The van der Waals surface area contributed by atoms with Crippen LogP contribution in [0, 0.1) is 0 Å². The predicted molar refractivity (Wildman–Crippen MR) is 79.0 cm³/mol. The van der Waals surface area contributed by atoms with Gasteiger partial charge in [0.05, 0.1) is 11.6 Å². The topological polar surface area (TPSA) is 21.3 Å². The van der Waals surface area contributed by atoms with Crippen LogP contribution in [0.25, 0.3) is 0 Å². The summed E-state index contributed by atoms with van der Waals surface area (Å²) < 4.78 is 6.28. The Morgan fingerprint density at radius 3 is 2.56 bits per heavy atom. The molecule has 0 saturated heterocycles. The molecule has 1 aromatic carbocycles. The maximum Gasteiger partial charge on any atom is 0.133 e. The van der Waals surface area contributed by atoms with Gasteiger partial charge in [0.1, 0.15) is 5.75 Å². The Balaban J connectivity index is 1.87. The maximum absolute atomic E-state index is 5.24. The van der Waals surface area contributed by atoms with Crippen LogP contribution in [0.15, 0.2) is 22.7 Å². The number of nitrogens with one attached hydrogen (secondary N) is 1. The normalized spacial score (nSPS) is 17.4. The number of ether oxygens (including phenoxy) is 1. The van der Waals surface area contributed by atoms with Crippen molar-refractivity contribution in [3.05, 3.63) is 28.2 Å². The third-order valence-electron chi connectivity index (χ3n) is 3.67. The highest BCUT2D eigenvalue weighted by Crippen LogP contribution is 2.25. The number of benzene rings is 1. The van der Waals surface area contributed by atoms with Gasteiger partial charge in [0.25, 0.3) is 0 Å². The van der Waals surface area contributed by atoms with E-state index >= 15 is 0 Å². The fraction of sp³-hybridized carbons (Fsp3) is 0.600. The molecule has 0 atom stereocenters. The van der Waals surface area contributed by atoms with Crippen molar-refractivity contribution in [1.29, 1.82) is 0 Å². The summed E-state index contributed by atoms with van der Waals surface area (Å²) in [5.74, 6) is 0.896. The first-order valence-electron chi connectivity index (χ1n) is 6.85. The average molecular weight is 312 g/mol. The van der Waals surface area contributed by atoms with Crippen LogP contribution in [-0.4, -0.2) is 13.2 Å². The highest BCUT2D eigenvalue weighted by atomic mass is 79.9. The minimum Gasteiger partial charge on any atom is -0.496 e. The molecule has 0 spiro atoms. The second kappa shape index (κ2) is 7.15. The van der Waals surface area contributed by atoms with E-state index in [0.717, 1.165) is 16.8 Å². The molecule has 3 heteroatoms. The Morgan fingerprint density at radius 1 is 1.22 bits per heavy atom. The standard InChI is InChI=1S/C15H22BrNO/c1-18-15-9-8-12(10-14(15)16)11-17-13-6-4-2-3-5-7-13/h8-10,13,17H,2-7,11H2,1H3. The fourth-order valence-corrected chi connectivity index (χ4v) is 3.15. The third-order valence-corrected chi connectivity index (χ3v) is 4.29. The Bertz CT molecular complexity index is 373. The molecule has 1 aliphatic carbocycles. The molecule has 0 radical (unpaired) electrons. The lowest BCUT2D eigenvalue weighted by atomic mass is 10.1. The van der Waals surface area contributed by atoms with Crippen LogP contribution in [0.5, 0.6) is 5.75 Å². The molecule has 1 aromatic rings. The summed E-state index contributed by atoms with van der Waals surface area (Å²) in [4.78, 5) is 0. The van der Waals surface area contributed by atoms with E-state index in [-0.39, 0.29) is 0 Å². The van der Waals surface area contributed by atoms with Gasteiger partial charge >= 0.3 is 0 Å². The zero-order chi connectivity index (χ0) is 12.8. The van der Waals surface area contributed by atoms with Crippen LogP contribution in [0.4, 0.5) is 0 Å². The summed E-state index contributed by atoms with van der Waals surface area (Å²) in [5, 5.41) is 3.68. The smallest absolute Gasteiger partial charge is 0.133 e. The van der Waals surface area contributed by atoms with Crippen LogP contribution in [-0.2, 0) is 6.54 Å². The zero-order valence-corrected chi connectivity index (χ0v) is 12.6. The first-order valence-corrected chi connectivity index (χ1v) is 7.64. The molecule has 0 bridgehead atoms. The molecule has 1 saturated carbocycles. The summed E-state index contributed by atoms with van der Waals surface area (Å²) in [6.45, 7) is 0.952. The molecule has 0 aromatic heterocycles. The van der Waals surface area contributed by atoms with E-state index in [1.165, 1.54) is 44.1 Å². The van der Waals surface area contributed by atoms with E-state index in [9.17, 15) is 0 Å². The molecular weight excluding hydrogens is 290 g/mol. The minimum atomic E-state index is 0.702. The minimum absolute atomic E-state index is 0.702. The van der Waals surface area contributed by atoms with E-state index < -0.39 is 0 Å². The SMILES string of the molecule is COc1ccc(CNC2CCCCCC2)cc1Br. The van der Waals surface area contributed by atoms with Gasteiger partial charge in [0, 0.05) is 12.6 Å². The summed E-state index contributed by atoms with van der Waals surface area (Å²) in [5.41, 5.74) is 1.31. The van der Waals surface area contributed by atoms with E-state index in [4.69, 9.17) is 4.74 Å². The average Bonchev–Trinajstić information content (AvgIpc) is 2.65. The number of halogens is 1. The van der Waals surface area contributed by atoms with Gasteiger partial charge in [-0.1, -0.05) is 31.7 Å². The lowest BCUT2D eigenvalue weighted by molar-refractivity contribution is 0.411. The number of rotatable bonds is 4. The molecule has 18 heavy (non-hydrogen) atoms. The van der Waals surface area contributed by atoms with Crippen LogP contribution < -0.4 is 10.1 Å². The Morgan fingerprint density at radius 2 is 1.94 bits per heavy atom. The molecular formula is C15H22BrNO. The van der Waals surface area contributed by atoms with Gasteiger partial charge in [0.2, 0.25) is 0 Å². The second-order valence-corrected chi connectivity index (χ2v) is 5.89. The lowest BCUT2D eigenvalue weighted by Gasteiger charge is -2.16. The molecule has 1 N–H and O–H groups in total. The van der Waals surface area contributed by atoms with Crippen molar-refractivity contribution in [2.24, 2.45) is 0 Å². The molecule has 2 nitrogen and oxygen atoms in total. The Hall–Kier alpha value is -0.540. The second-order valence-electron chi connectivity index (χ2n) is 5.04. The Kier molecular flexibility index (Phi) is 5.51. The molecule has 1 fully saturated rings.